The highest BCUT2D eigenvalue weighted by atomic mass is 16.5. The monoisotopic (exact) mass is 310 g/mol. The number of methoxy groups -OCH3 is 2. The zero-order chi connectivity index (χ0) is 15.8. The number of nitrogens with one attached hydrogen (secondary N) is 2. The molecule has 8 heteroatoms. The van der Waals surface area contributed by atoms with E-state index in [0.29, 0.717) is 25.8 Å². The molecule has 1 unspecified atom stereocenters. The standard InChI is InChI=1S/C14H26N6O2/c1-4-15-14(16-7-8-21-2)17-11-5-6-13-18-12(10-22-3)19-20(13)9-11/h11H,4-10H2,1-3H3,(H2,15,16,17). The molecule has 0 saturated carbocycles. The Morgan fingerprint density at radius 3 is 3.00 bits per heavy atom. The van der Waals surface area contributed by atoms with Crippen LogP contribution in [0.4, 0.5) is 0 Å². The van der Waals surface area contributed by atoms with E-state index in [9.17, 15) is 0 Å². The molecule has 8 nitrogen and oxygen atoms in total. The van der Waals surface area contributed by atoms with E-state index in [1.165, 1.54) is 0 Å². The van der Waals surface area contributed by atoms with Gasteiger partial charge in [-0.3, -0.25) is 4.99 Å². The van der Waals surface area contributed by atoms with E-state index in [2.05, 4.69) is 32.6 Å². The summed E-state index contributed by atoms with van der Waals surface area (Å²) in [5.41, 5.74) is 0. The van der Waals surface area contributed by atoms with Gasteiger partial charge in [0, 0.05) is 33.2 Å². The van der Waals surface area contributed by atoms with Crippen molar-refractivity contribution in [3.63, 3.8) is 0 Å². The van der Waals surface area contributed by atoms with Crippen LogP contribution in [0.2, 0.25) is 0 Å². The molecule has 1 atom stereocenters. The first-order chi connectivity index (χ1) is 10.8. The first-order valence-electron chi connectivity index (χ1n) is 7.72. The van der Waals surface area contributed by atoms with Crippen molar-refractivity contribution in [2.45, 2.75) is 39.0 Å². The van der Waals surface area contributed by atoms with Crippen LogP contribution in [0, 0.1) is 0 Å². The van der Waals surface area contributed by atoms with Crippen LogP contribution in [-0.2, 0) is 29.0 Å². The van der Waals surface area contributed by atoms with Crippen molar-refractivity contribution in [3.05, 3.63) is 11.6 Å². The summed E-state index contributed by atoms with van der Waals surface area (Å²) in [5, 5.41) is 11.2. The third-order valence-electron chi connectivity index (χ3n) is 3.43. The number of guanidine groups is 1. The van der Waals surface area contributed by atoms with Crippen molar-refractivity contribution >= 4 is 5.96 Å². The average Bonchev–Trinajstić information content (AvgIpc) is 2.89. The predicted molar refractivity (Wildman–Crippen MR) is 83.8 cm³/mol. The van der Waals surface area contributed by atoms with Gasteiger partial charge in [-0.25, -0.2) is 9.67 Å². The third kappa shape index (κ3) is 4.67. The van der Waals surface area contributed by atoms with Gasteiger partial charge < -0.3 is 20.1 Å². The molecule has 0 aliphatic carbocycles. The minimum absolute atomic E-state index is 0.296. The Labute approximate surface area is 131 Å². The summed E-state index contributed by atoms with van der Waals surface area (Å²) in [6, 6.07) is 0.296. The van der Waals surface area contributed by atoms with E-state index < -0.39 is 0 Å². The number of aliphatic imine (C=N–C) groups is 1. The highest BCUT2D eigenvalue weighted by Crippen LogP contribution is 2.13. The lowest BCUT2D eigenvalue weighted by atomic mass is 10.1. The van der Waals surface area contributed by atoms with Crippen LogP contribution < -0.4 is 10.6 Å². The Bertz CT molecular complexity index is 488. The molecular formula is C14H26N6O2. The molecule has 0 fully saturated rings. The molecule has 1 aliphatic heterocycles. The number of rotatable bonds is 7. The fourth-order valence-corrected chi connectivity index (χ4v) is 2.43. The van der Waals surface area contributed by atoms with Crippen molar-refractivity contribution < 1.29 is 9.47 Å². The van der Waals surface area contributed by atoms with E-state index in [1.807, 2.05) is 4.68 Å². The Kier molecular flexibility index (Phi) is 6.60. The van der Waals surface area contributed by atoms with Crippen LogP contribution in [-0.4, -0.2) is 60.7 Å². The molecule has 0 saturated heterocycles. The molecule has 1 aromatic heterocycles. The molecular weight excluding hydrogens is 284 g/mol. The fraction of sp³-hybridized carbons (Fsp3) is 0.786. The third-order valence-corrected chi connectivity index (χ3v) is 3.43. The summed E-state index contributed by atoms with van der Waals surface area (Å²) < 4.78 is 12.1. The number of hydrogen-bond acceptors (Lipinski definition) is 5. The molecule has 2 heterocycles. The molecule has 0 aromatic carbocycles. The van der Waals surface area contributed by atoms with E-state index in [4.69, 9.17) is 9.47 Å². The maximum absolute atomic E-state index is 5.09. The van der Waals surface area contributed by atoms with Crippen LogP contribution in [0.15, 0.2) is 4.99 Å². The van der Waals surface area contributed by atoms with Gasteiger partial charge in [0.15, 0.2) is 11.8 Å². The van der Waals surface area contributed by atoms with Gasteiger partial charge in [-0.05, 0) is 13.3 Å². The van der Waals surface area contributed by atoms with Gasteiger partial charge in [-0.2, -0.15) is 5.10 Å². The Hall–Kier alpha value is -1.67. The van der Waals surface area contributed by atoms with Crippen LogP contribution >= 0.6 is 0 Å². The Balaban J connectivity index is 1.93. The minimum Gasteiger partial charge on any atom is -0.383 e. The number of aromatic nitrogens is 3. The second-order valence-corrected chi connectivity index (χ2v) is 5.19. The van der Waals surface area contributed by atoms with Crippen molar-refractivity contribution in [1.82, 2.24) is 25.4 Å². The molecule has 0 radical (unpaired) electrons. The number of hydrogen-bond donors (Lipinski definition) is 2. The van der Waals surface area contributed by atoms with Crippen molar-refractivity contribution in [3.8, 4) is 0 Å². The number of nitrogens with zero attached hydrogens (tertiary/aromatic N) is 4. The van der Waals surface area contributed by atoms with E-state index in [0.717, 1.165) is 43.5 Å². The van der Waals surface area contributed by atoms with Crippen molar-refractivity contribution in [2.75, 3.05) is 33.9 Å². The van der Waals surface area contributed by atoms with Crippen molar-refractivity contribution in [1.29, 1.82) is 0 Å². The molecule has 124 valence electrons. The van der Waals surface area contributed by atoms with Gasteiger partial charge >= 0.3 is 0 Å². The van der Waals surface area contributed by atoms with Gasteiger partial charge in [0.1, 0.15) is 12.4 Å². The minimum atomic E-state index is 0.296. The largest absolute Gasteiger partial charge is 0.383 e. The van der Waals surface area contributed by atoms with Crippen LogP contribution in [0.3, 0.4) is 0 Å². The predicted octanol–water partition coefficient (Wildman–Crippen LogP) is -0.0592. The van der Waals surface area contributed by atoms with E-state index in [-0.39, 0.29) is 0 Å². The number of fused-ring (bicyclic) bond motifs is 1. The van der Waals surface area contributed by atoms with Crippen molar-refractivity contribution in [2.24, 2.45) is 4.99 Å². The molecule has 1 aromatic rings. The maximum Gasteiger partial charge on any atom is 0.191 e. The topological polar surface area (TPSA) is 85.6 Å². The lowest BCUT2D eigenvalue weighted by Crippen LogP contribution is -2.47. The molecule has 0 amide bonds. The zero-order valence-electron chi connectivity index (χ0n) is 13.6. The molecule has 2 N–H and O–H groups in total. The summed E-state index contributed by atoms with van der Waals surface area (Å²) in [7, 11) is 3.34. The van der Waals surface area contributed by atoms with Gasteiger partial charge in [0.2, 0.25) is 0 Å². The molecule has 2 rings (SSSR count). The lowest BCUT2D eigenvalue weighted by molar-refractivity contribution is 0.177. The number of ether oxygens (including phenoxy) is 2. The maximum atomic E-state index is 5.09. The quantitative estimate of drug-likeness (QED) is 0.417. The van der Waals surface area contributed by atoms with Gasteiger partial charge in [-0.15, -0.1) is 0 Å². The van der Waals surface area contributed by atoms with Gasteiger partial charge in [-0.1, -0.05) is 0 Å². The van der Waals surface area contributed by atoms with E-state index in [1.54, 1.807) is 14.2 Å². The lowest BCUT2D eigenvalue weighted by Gasteiger charge is -2.25. The summed E-state index contributed by atoms with van der Waals surface area (Å²) in [6.45, 7) is 5.40. The summed E-state index contributed by atoms with van der Waals surface area (Å²) in [4.78, 5) is 8.98. The first-order valence-corrected chi connectivity index (χ1v) is 7.72. The van der Waals surface area contributed by atoms with Crippen LogP contribution in [0.1, 0.15) is 25.0 Å². The molecule has 0 spiro atoms. The summed E-state index contributed by atoms with van der Waals surface area (Å²) in [6.07, 6.45) is 1.92. The van der Waals surface area contributed by atoms with Gasteiger partial charge in [0.25, 0.3) is 0 Å². The normalized spacial score (nSPS) is 18.1. The molecule has 22 heavy (non-hydrogen) atoms. The average molecular weight is 310 g/mol. The summed E-state index contributed by atoms with van der Waals surface area (Å²) in [5.74, 6) is 2.61. The fourth-order valence-electron chi connectivity index (χ4n) is 2.43. The van der Waals surface area contributed by atoms with Gasteiger partial charge in [0.05, 0.1) is 19.7 Å². The highest BCUT2D eigenvalue weighted by Gasteiger charge is 2.22. The molecule has 1 aliphatic rings. The molecule has 0 bridgehead atoms. The SMILES string of the molecule is CCNC(=NCCOC)NC1CCc2nc(COC)nn2C1. The van der Waals surface area contributed by atoms with Crippen LogP contribution in [0.25, 0.3) is 0 Å². The highest BCUT2D eigenvalue weighted by molar-refractivity contribution is 5.80. The Morgan fingerprint density at radius 1 is 1.41 bits per heavy atom. The first kappa shape index (κ1) is 16.7. The van der Waals surface area contributed by atoms with E-state index >= 15 is 0 Å². The second-order valence-electron chi connectivity index (χ2n) is 5.19. The number of aryl methyl sites for hydroxylation is 1. The smallest absolute Gasteiger partial charge is 0.191 e. The Morgan fingerprint density at radius 2 is 2.27 bits per heavy atom. The second kappa shape index (κ2) is 8.70. The summed E-state index contributed by atoms with van der Waals surface area (Å²) >= 11 is 0. The zero-order valence-corrected chi connectivity index (χ0v) is 13.6. The van der Waals surface area contributed by atoms with Crippen LogP contribution in [0.5, 0.6) is 0 Å².